The Morgan fingerprint density at radius 1 is 1.10 bits per heavy atom. The first kappa shape index (κ1) is 15.4. The average molecular weight is 349 g/mol. The van der Waals surface area contributed by atoms with Crippen molar-refractivity contribution in [2.24, 2.45) is 5.73 Å². The summed E-state index contributed by atoms with van der Waals surface area (Å²) in [6.45, 7) is 2.92. The Hall–Kier alpha value is -2.01. The molecule has 0 fully saturated rings. The molecule has 21 heavy (non-hydrogen) atoms. The van der Waals surface area contributed by atoms with Gasteiger partial charge in [0.25, 0.3) is 0 Å². The van der Waals surface area contributed by atoms with Crippen molar-refractivity contribution < 1.29 is 9.47 Å². The van der Waals surface area contributed by atoms with Gasteiger partial charge in [0.15, 0.2) is 0 Å². The van der Waals surface area contributed by atoms with Gasteiger partial charge in [0.05, 0.1) is 0 Å². The topological polar surface area (TPSA) is 68.3 Å². The number of nitrogens with one attached hydrogen (secondary N) is 1. The Kier molecular flexibility index (Phi) is 5.22. The zero-order valence-corrected chi connectivity index (χ0v) is 13.3. The smallest absolute Gasteiger partial charge is 0.122 e. The van der Waals surface area contributed by atoms with E-state index in [0.29, 0.717) is 18.8 Å². The predicted molar refractivity (Wildman–Crippen MR) is 87.3 cm³/mol. The lowest BCUT2D eigenvalue weighted by molar-refractivity contribution is 0.216. The number of nitrogen functional groups attached to an aromatic ring is 1. The highest BCUT2D eigenvalue weighted by Gasteiger charge is 2.01. The average Bonchev–Trinajstić information content (AvgIpc) is 2.46. The molecule has 2 aromatic rings. The third-order valence-corrected chi connectivity index (χ3v) is 3.41. The normalized spacial score (nSPS) is 10.2. The van der Waals surface area contributed by atoms with Crippen molar-refractivity contribution in [1.82, 2.24) is 0 Å². The summed E-state index contributed by atoms with van der Waals surface area (Å²) in [5.74, 6) is 1.64. The Labute approximate surface area is 132 Å². The third kappa shape index (κ3) is 4.49. The van der Waals surface area contributed by atoms with Crippen LogP contribution in [-0.2, 0) is 0 Å². The van der Waals surface area contributed by atoms with Gasteiger partial charge in [-0.05, 0) is 55.0 Å². The molecule has 0 saturated carbocycles. The molecule has 0 aliphatic rings. The molecule has 0 aliphatic heterocycles. The van der Waals surface area contributed by atoms with Crippen LogP contribution in [0.25, 0.3) is 0 Å². The van der Waals surface area contributed by atoms with Crippen LogP contribution in [0.5, 0.6) is 11.5 Å². The Bertz CT molecular complexity index is 627. The molecule has 0 heterocycles. The molecule has 0 aromatic heterocycles. The van der Waals surface area contributed by atoms with Crippen molar-refractivity contribution in [2.75, 3.05) is 13.2 Å². The SMILES string of the molecule is Cc1cc(Br)ccc1OCCOc1ccc(C(=N)N)cc1. The van der Waals surface area contributed by atoms with Crippen LogP contribution in [-0.4, -0.2) is 19.0 Å². The molecule has 0 aliphatic carbocycles. The number of halogens is 1. The fourth-order valence-electron chi connectivity index (χ4n) is 1.82. The molecule has 0 amide bonds. The molecule has 2 aromatic carbocycles. The maximum atomic E-state index is 7.32. The third-order valence-electron chi connectivity index (χ3n) is 2.91. The van der Waals surface area contributed by atoms with Gasteiger partial charge in [0.2, 0.25) is 0 Å². The zero-order chi connectivity index (χ0) is 15.2. The van der Waals surface area contributed by atoms with Crippen LogP contribution < -0.4 is 15.2 Å². The molecular formula is C16H17BrN2O2. The standard InChI is InChI=1S/C16H17BrN2O2/c1-11-10-13(17)4-7-15(11)21-9-8-20-14-5-2-12(3-6-14)16(18)19/h2-7,10H,8-9H2,1H3,(H3,18,19). The summed E-state index contributed by atoms with van der Waals surface area (Å²) >= 11 is 3.42. The minimum Gasteiger partial charge on any atom is -0.490 e. The predicted octanol–water partition coefficient (Wildman–Crippen LogP) is 3.50. The summed E-state index contributed by atoms with van der Waals surface area (Å²) in [6, 6.07) is 13.0. The number of ether oxygens (including phenoxy) is 2. The van der Waals surface area contributed by atoms with E-state index in [1.165, 1.54) is 0 Å². The minimum atomic E-state index is 0.0515. The fourth-order valence-corrected chi connectivity index (χ4v) is 2.29. The van der Waals surface area contributed by atoms with Gasteiger partial charge in [0.1, 0.15) is 30.5 Å². The Morgan fingerprint density at radius 3 is 2.38 bits per heavy atom. The van der Waals surface area contributed by atoms with Crippen LogP contribution in [0, 0.1) is 12.3 Å². The summed E-state index contributed by atoms with van der Waals surface area (Å²) in [5, 5.41) is 7.32. The molecule has 3 N–H and O–H groups in total. The van der Waals surface area contributed by atoms with Gasteiger partial charge in [-0.1, -0.05) is 15.9 Å². The molecule has 0 saturated heterocycles. The van der Waals surface area contributed by atoms with Gasteiger partial charge in [0, 0.05) is 10.0 Å². The number of aryl methyl sites for hydroxylation is 1. The summed E-state index contributed by atoms with van der Waals surface area (Å²) in [4.78, 5) is 0. The first-order chi connectivity index (χ1) is 10.1. The number of hydrogen-bond acceptors (Lipinski definition) is 3. The number of benzene rings is 2. The van der Waals surface area contributed by atoms with Crippen LogP contribution >= 0.6 is 15.9 Å². The lowest BCUT2D eigenvalue weighted by Gasteiger charge is -2.10. The monoisotopic (exact) mass is 348 g/mol. The van der Waals surface area contributed by atoms with Gasteiger partial charge in [-0.2, -0.15) is 0 Å². The molecular weight excluding hydrogens is 332 g/mol. The molecule has 0 atom stereocenters. The van der Waals surface area contributed by atoms with Crippen LogP contribution in [0.1, 0.15) is 11.1 Å². The highest BCUT2D eigenvalue weighted by atomic mass is 79.9. The van der Waals surface area contributed by atoms with Gasteiger partial charge in [-0.25, -0.2) is 0 Å². The molecule has 4 nitrogen and oxygen atoms in total. The second kappa shape index (κ2) is 7.13. The van der Waals surface area contributed by atoms with E-state index in [-0.39, 0.29) is 5.84 Å². The van der Waals surface area contributed by atoms with E-state index in [1.807, 2.05) is 25.1 Å². The van der Waals surface area contributed by atoms with Crippen molar-refractivity contribution in [3.05, 3.63) is 58.1 Å². The van der Waals surface area contributed by atoms with Crippen molar-refractivity contribution in [2.45, 2.75) is 6.92 Å². The summed E-state index contributed by atoms with van der Waals surface area (Å²) in [7, 11) is 0. The minimum absolute atomic E-state index is 0.0515. The number of rotatable bonds is 6. The fraction of sp³-hybridized carbons (Fsp3) is 0.188. The van der Waals surface area contributed by atoms with E-state index in [0.717, 1.165) is 21.5 Å². The van der Waals surface area contributed by atoms with Gasteiger partial charge >= 0.3 is 0 Å². The number of hydrogen-bond donors (Lipinski definition) is 2. The zero-order valence-electron chi connectivity index (χ0n) is 11.7. The lowest BCUT2D eigenvalue weighted by atomic mass is 10.2. The molecule has 0 bridgehead atoms. The van der Waals surface area contributed by atoms with E-state index in [1.54, 1.807) is 24.3 Å². The van der Waals surface area contributed by atoms with E-state index >= 15 is 0 Å². The van der Waals surface area contributed by atoms with Crippen LogP contribution in [0.4, 0.5) is 0 Å². The Morgan fingerprint density at radius 2 is 1.76 bits per heavy atom. The van der Waals surface area contributed by atoms with Crippen LogP contribution in [0.2, 0.25) is 0 Å². The highest BCUT2D eigenvalue weighted by Crippen LogP contribution is 2.22. The van der Waals surface area contributed by atoms with E-state index in [2.05, 4.69) is 15.9 Å². The summed E-state index contributed by atoms with van der Waals surface area (Å²) in [6.07, 6.45) is 0. The molecule has 0 unspecified atom stereocenters. The quantitative estimate of drug-likeness (QED) is 0.476. The lowest BCUT2D eigenvalue weighted by Crippen LogP contribution is -2.11. The first-order valence-corrected chi connectivity index (χ1v) is 7.32. The van der Waals surface area contributed by atoms with Crippen molar-refractivity contribution in [3.8, 4) is 11.5 Å². The van der Waals surface area contributed by atoms with Gasteiger partial charge in [-0.3, -0.25) is 5.41 Å². The molecule has 5 heteroatoms. The molecule has 0 spiro atoms. The van der Waals surface area contributed by atoms with E-state index in [9.17, 15) is 0 Å². The largest absolute Gasteiger partial charge is 0.490 e. The van der Waals surface area contributed by atoms with Crippen LogP contribution in [0.3, 0.4) is 0 Å². The maximum absolute atomic E-state index is 7.32. The van der Waals surface area contributed by atoms with Crippen molar-refractivity contribution in [3.63, 3.8) is 0 Å². The van der Waals surface area contributed by atoms with Crippen LogP contribution in [0.15, 0.2) is 46.9 Å². The Balaban J connectivity index is 1.80. The van der Waals surface area contributed by atoms with Crippen molar-refractivity contribution in [1.29, 1.82) is 5.41 Å². The maximum Gasteiger partial charge on any atom is 0.122 e. The second-order valence-electron chi connectivity index (χ2n) is 4.54. The summed E-state index contributed by atoms with van der Waals surface area (Å²) in [5.41, 5.74) is 7.16. The van der Waals surface area contributed by atoms with E-state index < -0.39 is 0 Å². The van der Waals surface area contributed by atoms with Gasteiger partial charge < -0.3 is 15.2 Å². The molecule has 0 radical (unpaired) electrons. The highest BCUT2D eigenvalue weighted by molar-refractivity contribution is 9.10. The molecule has 110 valence electrons. The van der Waals surface area contributed by atoms with E-state index in [4.69, 9.17) is 20.6 Å². The number of nitrogens with two attached hydrogens (primary N) is 1. The first-order valence-electron chi connectivity index (χ1n) is 6.52. The second-order valence-corrected chi connectivity index (χ2v) is 5.46. The van der Waals surface area contributed by atoms with Crippen molar-refractivity contribution >= 4 is 21.8 Å². The number of amidine groups is 1. The molecule has 2 rings (SSSR count). The summed E-state index contributed by atoms with van der Waals surface area (Å²) < 4.78 is 12.3. The van der Waals surface area contributed by atoms with Gasteiger partial charge in [-0.15, -0.1) is 0 Å².